The molecule has 0 bridgehead atoms. The van der Waals surface area contributed by atoms with Crippen LogP contribution in [0.5, 0.6) is 0 Å². The zero-order valence-electron chi connectivity index (χ0n) is 4.59. The van der Waals surface area contributed by atoms with E-state index < -0.39 is 17.1 Å². The van der Waals surface area contributed by atoms with E-state index in [1.165, 1.54) is 6.26 Å². The molecule has 1 unspecified atom stereocenters. The second-order valence-corrected chi connectivity index (χ2v) is 2.98. The quantitative estimate of drug-likeness (QED) is 0.527. The van der Waals surface area contributed by atoms with Crippen LogP contribution in [0.25, 0.3) is 0 Å². The Bertz CT molecular complexity index is 85.9. The molecule has 0 aliphatic carbocycles. The average Bonchev–Trinajstić information content (AvgIpc) is 1.61. The van der Waals surface area contributed by atoms with Gasteiger partial charge in [0.1, 0.15) is 5.75 Å². The van der Waals surface area contributed by atoms with Crippen molar-refractivity contribution in [3.05, 3.63) is 0 Å². The van der Waals surface area contributed by atoms with E-state index in [2.05, 4.69) is 0 Å². The fourth-order valence-electron chi connectivity index (χ4n) is 0.231. The van der Waals surface area contributed by atoms with Gasteiger partial charge in [0, 0.05) is 0 Å². The van der Waals surface area contributed by atoms with Crippen molar-refractivity contribution in [2.45, 2.75) is 6.42 Å². The minimum atomic E-state index is -0.967. The molecule has 0 radical (unpaired) electrons. The summed E-state index contributed by atoms with van der Waals surface area (Å²) in [6.07, 6.45) is 1.49. The van der Waals surface area contributed by atoms with Crippen LogP contribution in [0.15, 0.2) is 0 Å². The Hall–Kier alpha value is 1.35. The molecular weight excluding hydrogens is 265 g/mol. The molecule has 0 aromatic carbocycles. The molecule has 1 N–H and O–H groups in total. The summed E-state index contributed by atoms with van der Waals surface area (Å²) < 4.78 is 10.2. The number of rotatable bonds is 3. The number of aliphatic carboxylic acids is 1. The van der Waals surface area contributed by atoms with Gasteiger partial charge in [-0.05, 0) is 0 Å². The van der Waals surface area contributed by atoms with Crippen LogP contribution < -0.4 is 0 Å². The van der Waals surface area contributed by atoms with E-state index in [0.717, 1.165) is 0 Å². The van der Waals surface area contributed by atoms with E-state index in [1.807, 2.05) is 0 Å². The maximum atomic E-state index is 10.2. The van der Waals surface area contributed by atoms with Crippen molar-refractivity contribution >= 4 is 66.0 Å². The van der Waals surface area contributed by atoms with Crippen LogP contribution in [0.3, 0.4) is 0 Å². The van der Waals surface area contributed by atoms with Crippen molar-refractivity contribution in [2.24, 2.45) is 0 Å². The van der Waals surface area contributed by atoms with Crippen molar-refractivity contribution in [2.75, 3.05) is 12.0 Å². The summed E-state index contributed by atoms with van der Waals surface area (Å²) in [7, 11) is 0. The molecular formula is C4H10BaO3S. The molecule has 0 saturated heterocycles. The van der Waals surface area contributed by atoms with Gasteiger partial charge in [0.15, 0.2) is 0 Å². The zero-order chi connectivity index (χ0) is 6.57. The molecule has 0 heterocycles. The van der Waals surface area contributed by atoms with Gasteiger partial charge in [-0.15, -0.1) is 0 Å². The van der Waals surface area contributed by atoms with Crippen LogP contribution in [-0.4, -0.2) is 76.5 Å². The standard InChI is InChI=1S/C4H8O3S.Ba.2H/c1-8(7)3-2-4(5)6;;;/h2-3H2,1H3,(H,5,6);;;. The van der Waals surface area contributed by atoms with Gasteiger partial charge in [0.2, 0.25) is 0 Å². The Morgan fingerprint density at radius 3 is 2.33 bits per heavy atom. The maximum absolute atomic E-state index is 10.2. The van der Waals surface area contributed by atoms with Gasteiger partial charge >= 0.3 is 54.9 Å². The third-order valence-electron chi connectivity index (χ3n) is 0.603. The van der Waals surface area contributed by atoms with E-state index in [0.29, 0.717) is 0 Å². The van der Waals surface area contributed by atoms with Crippen LogP contribution >= 0.6 is 0 Å². The van der Waals surface area contributed by atoms with Gasteiger partial charge in [-0.25, -0.2) is 0 Å². The molecule has 3 nitrogen and oxygen atoms in total. The first-order chi connectivity index (χ1) is 3.63. The Balaban J connectivity index is 0. The number of carboxylic acid groups (broad SMARTS) is 1. The first-order valence-corrected chi connectivity index (χ1v) is 3.87. The minimum absolute atomic E-state index is 0. The Labute approximate surface area is 97.5 Å². The molecule has 0 aliphatic heterocycles. The van der Waals surface area contributed by atoms with E-state index in [4.69, 9.17) is 5.11 Å². The van der Waals surface area contributed by atoms with Crippen LogP contribution in [0.2, 0.25) is 0 Å². The first kappa shape index (κ1) is 13.0. The number of carboxylic acids is 1. The topological polar surface area (TPSA) is 60.4 Å². The van der Waals surface area contributed by atoms with Gasteiger partial charge in [-0.1, -0.05) is 11.2 Å². The van der Waals surface area contributed by atoms with Gasteiger partial charge < -0.3 is 9.66 Å². The van der Waals surface area contributed by atoms with E-state index in [1.54, 1.807) is 0 Å². The van der Waals surface area contributed by atoms with Crippen LogP contribution in [0.1, 0.15) is 6.42 Å². The molecule has 0 rings (SSSR count). The summed E-state index contributed by atoms with van der Waals surface area (Å²) in [5.41, 5.74) is 0. The molecule has 0 fully saturated rings. The van der Waals surface area contributed by atoms with Crippen molar-refractivity contribution in [1.82, 2.24) is 0 Å². The van der Waals surface area contributed by atoms with Gasteiger partial charge in [-0.2, -0.15) is 0 Å². The van der Waals surface area contributed by atoms with E-state index in [-0.39, 0.29) is 61.1 Å². The van der Waals surface area contributed by atoms with Crippen LogP contribution in [-0.2, 0) is 16.0 Å². The second kappa shape index (κ2) is 7.46. The predicted molar refractivity (Wildman–Crippen MR) is 39.7 cm³/mol. The predicted octanol–water partition coefficient (Wildman–Crippen LogP) is -1.08. The summed E-state index contributed by atoms with van der Waals surface area (Å²) in [5.74, 6) is -0.629. The van der Waals surface area contributed by atoms with Gasteiger partial charge in [0.05, 0.1) is 12.7 Å². The second-order valence-electron chi connectivity index (χ2n) is 1.42. The SMILES string of the molecule is C[S+]([O-])CCC(=O)O.[BaH2]. The summed E-state index contributed by atoms with van der Waals surface area (Å²) in [5, 5.41) is 8.03. The summed E-state index contributed by atoms with van der Waals surface area (Å²) in [6.45, 7) is 0. The molecule has 0 spiro atoms. The molecule has 5 heteroatoms. The van der Waals surface area contributed by atoms with Crippen molar-refractivity contribution in [1.29, 1.82) is 0 Å². The number of hydrogen-bond acceptors (Lipinski definition) is 2. The molecule has 1 atom stereocenters. The van der Waals surface area contributed by atoms with Crippen LogP contribution in [0.4, 0.5) is 0 Å². The Morgan fingerprint density at radius 2 is 2.22 bits per heavy atom. The molecule has 0 aromatic rings. The molecule has 0 aromatic heterocycles. The fraction of sp³-hybridized carbons (Fsp3) is 0.750. The van der Waals surface area contributed by atoms with Gasteiger partial charge in [-0.3, -0.25) is 4.79 Å². The zero-order valence-corrected chi connectivity index (χ0v) is 5.40. The molecule has 52 valence electrons. The molecule has 9 heavy (non-hydrogen) atoms. The van der Waals surface area contributed by atoms with E-state index >= 15 is 0 Å². The normalized spacial score (nSPS) is 11.8. The van der Waals surface area contributed by atoms with Crippen molar-refractivity contribution in [3.8, 4) is 0 Å². The number of carbonyl (C=O) groups is 1. The first-order valence-electron chi connectivity index (χ1n) is 2.14. The van der Waals surface area contributed by atoms with Crippen LogP contribution in [0, 0.1) is 0 Å². The molecule has 0 saturated carbocycles. The summed E-state index contributed by atoms with van der Waals surface area (Å²) >= 11 is -0.967. The Morgan fingerprint density at radius 1 is 1.78 bits per heavy atom. The Kier molecular flexibility index (Phi) is 10.8. The third-order valence-corrected chi connectivity index (χ3v) is 1.38. The fourth-order valence-corrected chi connectivity index (χ4v) is 0.693. The summed E-state index contributed by atoms with van der Waals surface area (Å²) in [4.78, 5) is 9.77. The average molecular weight is 276 g/mol. The van der Waals surface area contributed by atoms with Gasteiger partial charge in [0.25, 0.3) is 0 Å². The monoisotopic (exact) mass is 276 g/mol. The molecule has 0 amide bonds. The van der Waals surface area contributed by atoms with E-state index in [9.17, 15) is 9.35 Å². The molecule has 0 aliphatic rings. The van der Waals surface area contributed by atoms with Crippen molar-refractivity contribution < 1.29 is 14.5 Å². The third kappa shape index (κ3) is 12.5. The number of hydrogen-bond donors (Lipinski definition) is 1. The summed E-state index contributed by atoms with van der Waals surface area (Å²) in [6, 6.07) is 0. The van der Waals surface area contributed by atoms with Crippen molar-refractivity contribution in [3.63, 3.8) is 0 Å².